The van der Waals surface area contributed by atoms with Gasteiger partial charge in [-0.3, -0.25) is 4.99 Å². The quantitative estimate of drug-likeness (QED) is 0.206. The highest BCUT2D eigenvalue weighted by Gasteiger charge is 2.35. The van der Waals surface area contributed by atoms with Gasteiger partial charge in [0, 0.05) is 45.8 Å². The van der Waals surface area contributed by atoms with Gasteiger partial charge >= 0.3 is 6.09 Å². The molecule has 33 heavy (non-hydrogen) atoms. The van der Waals surface area contributed by atoms with Crippen molar-refractivity contribution in [3.05, 3.63) is 24.2 Å². The van der Waals surface area contributed by atoms with Crippen LogP contribution in [0.5, 0.6) is 0 Å². The monoisotopic (exact) mass is 576 g/mol. The number of aliphatic imine (C=N–C) groups is 1. The van der Waals surface area contributed by atoms with Gasteiger partial charge in [0.05, 0.1) is 19.4 Å². The summed E-state index contributed by atoms with van der Waals surface area (Å²) < 4.78 is 16.3. The van der Waals surface area contributed by atoms with Crippen LogP contribution < -0.4 is 5.32 Å². The van der Waals surface area contributed by atoms with Gasteiger partial charge in [0.2, 0.25) is 0 Å². The molecule has 2 fully saturated rings. The Bertz CT molecular complexity index is 723. The largest absolute Gasteiger partial charge is 0.469 e. The molecule has 0 radical (unpaired) electrons. The van der Waals surface area contributed by atoms with E-state index in [1.165, 1.54) is 12.8 Å². The lowest BCUT2D eigenvalue weighted by molar-refractivity contribution is 0.00928. The number of likely N-dealkylation sites (tertiary alicyclic amines) is 1. The number of guanidine groups is 1. The molecule has 1 aromatic heterocycles. The van der Waals surface area contributed by atoms with E-state index in [2.05, 4.69) is 10.2 Å². The Morgan fingerprint density at radius 3 is 2.58 bits per heavy atom. The van der Waals surface area contributed by atoms with E-state index in [4.69, 9.17) is 18.9 Å². The number of carbonyl (C=O) groups is 1. The summed E-state index contributed by atoms with van der Waals surface area (Å²) in [6.07, 6.45) is 6.59. The normalized spacial score (nSPS) is 17.5. The summed E-state index contributed by atoms with van der Waals surface area (Å²) in [6, 6.07) is 4.11. The maximum atomic E-state index is 12.9. The number of ether oxygens (including phenoxy) is 2. The number of nitrogens with zero attached hydrogens (tertiary/aromatic N) is 3. The summed E-state index contributed by atoms with van der Waals surface area (Å²) in [7, 11) is 1.69. The number of hydrogen-bond donors (Lipinski definition) is 1. The fraction of sp³-hybridized carbons (Fsp3) is 0.750. The van der Waals surface area contributed by atoms with Gasteiger partial charge in [-0.2, -0.15) is 0 Å². The highest BCUT2D eigenvalue weighted by molar-refractivity contribution is 14.0. The van der Waals surface area contributed by atoms with Crippen LogP contribution in [0.25, 0.3) is 0 Å². The molecule has 3 rings (SSSR count). The van der Waals surface area contributed by atoms with Gasteiger partial charge in [0.15, 0.2) is 5.96 Å². The van der Waals surface area contributed by atoms with Crippen molar-refractivity contribution >= 4 is 36.0 Å². The van der Waals surface area contributed by atoms with E-state index in [9.17, 15) is 4.79 Å². The van der Waals surface area contributed by atoms with Gasteiger partial charge < -0.3 is 29.0 Å². The lowest BCUT2D eigenvalue weighted by atomic mass is 10.0. The molecule has 1 N–H and O–H groups in total. The molecule has 1 amide bonds. The molecule has 188 valence electrons. The number of hydrogen-bond acceptors (Lipinski definition) is 5. The number of methoxy groups -OCH3 is 1. The smallest absolute Gasteiger partial charge is 0.410 e. The Morgan fingerprint density at radius 2 is 2.00 bits per heavy atom. The summed E-state index contributed by atoms with van der Waals surface area (Å²) in [5, 5.41) is 3.48. The van der Waals surface area contributed by atoms with Crippen LogP contribution in [-0.2, 0) is 15.9 Å². The molecule has 9 heteroatoms. The zero-order valence-electron chi connectivity index (χ0n) is 20.5. The molecule has 0 unspecified atom stereocenters. The Balaban J connectivity index is 0.00000385. The van der Waals surface area contributed by atoms with Crippen LogP contribution in [0, 0.1) is 5.92 Å². The second-order valence-electron chi connectivity index (χ2n) is 9.75. The number of nitrogens with one attached hydrogen (secondary N) is 1. The van der Waals surface area contributed by atoms with Crippen LogP contribution in [0.1, 0.15) is 52.2 Å². The van der Waals surface area contributed by atoms with Gasteiger partial charge in [-0.25, -0.2) is 4.79 Å². The first-order valence-electron chi connectivity index (χ1n) is 11.9. The fourth-order valence-corrected chi connectivity index (χ4v) is 3.92. The Labute approximate surface area is 215 Å². The number of rotatable bonds is 9. The number of carbonyl (C=O) groups excluding carboxylic acids is 1. The predicted molar refractivity (Wildman–Crippen MR) is 140 cm³/mol. The zero-order chi connectivity index (χ0) is 23.0. The van der Waals surface area contributed by atoms with E-state index in [0.29, 0.717) is 19.1 Å². The molecule has 8 nitrogen and oxygen atoms in total. The van der Waals surface area contributed by atoms with Gasteiger partial charge in [-0.05, 0) is 64.5 Å². The molecule has 0 spiro atoms. The maximum absolute atomic E-state index is 12.9. The first-order chi connectivity index (χ1) is 15.4. The predicted octanol–water partition coefficient (Wildman–Crippen LogP) is 4.14. The molecular weight excluding hydrogens is 535 g/mol. The second kappa shape index (κ2) is 13.4. The van der Waals surface area contributed by atoms with Crippen LogP contribution in [0.4, 0.5) is 4.79 Å². The molecule has 2 heterocycles. The molecule has 1 saturated carbocycles. The third-order valence-electron chi connectivity index (χ3n) is 5.78. The summed E-state index contributed by atoms with van der Waals surface area (Å²) in [5.74, 6) is 2.49. The maximum Gasteiger partial charge on any atom is 0.410 e. The Hall–Kier alpha value is -1.49. The number of amides is 1. The van der Waals surface area contributed by atoms with E-state index in [0.717, 1.165) is 57.2 Å². The molecule has 0 bridgehead atoms. The third-order valence-corrected chi connectivity index (χ3v) is 5.78. The SMILES string of the molecule is COCCN=C(NCCc1ccco1)N1CCC(N(CC2CC2)C(=O)OC(C)(C)C)CC1.I. The summed E-state index contributed by atoms with van der Waals surface area (Å²) in [5.41, 5.74) is -0.474. The first-order valence-corrected chi connectivity index (χ1v) is 11.9. The summed E-state index contributed by atoms with van der Waals surface area (Å²) in [6.45, 7) is 10.3. The van der Waals surface area contributed by atoms with Crippen LogP contribution >= 0.6 is 24.0 Å². The molecule has 1 saturated heterocycles. The second-order valence-corrected chi connectivity index (χ2v) is 9.75. The number of piperidine rings is 1. The van der Waals surface area contributed by atoms with Gasteiger partial charge in [-0.1, -0.05) is 0 Å². The fourth-order valence-electron chi connectivity index (χ4n) is 3.92. The van der Waals surface area contributed by atoms with E-state index in [1.807, 2.05) is 37.8 Å². The molecule has 0 atom stereocenters. The minimum atomic E-state index is -0.474. The van der Waals surface area contributed by atoms with Crippen LogP contribution in [0.15, 0.2) is 27.8 Å². The van der Waals surface area contributed by atoms with Crippen LogP contribution in [-0.4, -0.2) is 79.9 Å². The van der Waals surface area contributed by atoms with Crippen molar-refractivity contribution < 1.29 is 18.7 Å². The molecule has 1 aliphatic carbocycles. The van der Waals surface area contributed by atoms with E-state index in [-0.39, 0.29) is 36.1 Å². The van der Waals surface area contributed by atoms with Crippen molar-refractivity contribution in [3.63, 3.8) is 0 Å². The average molecular weight is 577 g/mol. The third kappa shape index (κ3) is 9.72. The van der Waals surface area contributed by atoms with Crippen LogP contribution in [0.3, 0.4) is 0 Å². The van der Waals surface area contributed by atoms with Crippen molar-refractivity contribution in [2.45, 2.75) is 64.5 Å². The van der Waals surface area contributed by atoms with Crippen molar-refractivity contribution in [1.82, 2.24) is 15.1 Å². The highest BCUT2D eigenvalue weighted by atomic mass is 127. The topological polar surface area (TPSA) is 79.5 Å². The van der Waals surface area contributed by atoms with E-state index in [1.54, 1.807) is 13.4 Å². The van der Waals surface area contributed by atoms with E-state index >= 15 is 0 Å². The standard InChI is InChI=1S/C24H40N4O4.HI/c1-24(2,3)32-23(29)28(18-19-7-8-19)20-10-14-27(15-11-20)22(26-13-17-30-4)25-12-9-21-6-5-16-31-21;/h5-6,16,19-20H,7-15,17-18H2,1-4H3,(H,25,26);1H. The van der Waals surface area contributed by atoms with Gasteiger partial charge in [-0.15, -0.1) is 24.0 Å². The number of furan rings is 1. The van der Waals surface area contributed by atoms with Crippen molar-refractivity contribution in [3.8, 4) is 0 Å². The minimum absolute atomic E-state index is 0. The van der Waals surface area contributed by atoms with Gasteiger partial charge in [0.25, 0.3) is 0 Å². The molecular formula is C24H41IN4O4. The first kappa shape index (κ1) is 27.8. The average Bonchev–Trinajstić information content (AvgIpc) is 3.42. The highest BCUT2D eigenvalue weighted by Crippen LogP contribution is 2.32. The summed E-state index contributed by atoms with van der Waals surface area (Å²) in [4.78, 5) is 21.9. The van der Waals surface area contributed by atoms with Crippen molar-refractivity contribution in [2.75, 3.05) is 46.4 Å². The molecule has 2 aliphatic rings. The lowest BCUT2D eigenvalue weighted by Gasteiger charge is -2.40. The van der Waals surface area contributed by atoms with Gasteiger partial charge in [0.1, 0.15) is 11.4 Å². The molecule has 0 aromatic carbocycles. The summed E-state index contributed by atoms with van der Waals surface area (Å²) >= 11 is 0. The zero-order valence-corrected chi connectivity index (χ0v) is 22.9. The number of halogens is 1. The molecule has 1 aliphatic heterocycles. The minimum Gasteiger partial charge on any atom is -0.469 e. The Morgan fingerprint density at radius 1 is 1.27 bits per heavy atom. The lowest BCUT2D eigenvalue weighted by Crippen LogP contribution is -2.53. The molecule has 1 aromatic rings. The van der Waals surface area contributed by atoms with E-state index < -0.39 is 5.60 Å². The Kier molecular flexibility index (Phi) is 11.3. The van der Waals surface area contributed by atoms with Crippen LogP contribution in [0.2, 0.25) is 0 Å². The van der Waals surface area contributed by atoms with Crippen molar-refractivity contribution in [2.24, 2.45) is 10.9 Å². The van der Waals surface area contributed by atoms with Crippen molar-refractivity contribution in [1.29, 1.82) is 0 Å².